The van der Waals surface area contributed by atoms with Gasteiger partial charge in [0.2, 0.25) is 11.9 Å². The molecule has 7 nitrogen and oxygen atoms in total. The number of hydrogen-bond donors (Lipinski definition) is 2. The van der Waals surface area contributed by atoms with E-state index in [1.54, 1.807) is 4.90 Å². The predicted molar refractivity (Wildman–Crippen MR) is 82.2 cm³/mol. The van der Waals surface area contributed by atoms with Gasteiger partial charge in [-0.1, -0.05) is 30.3 Å². The summed E-state index contributed by atoms with van der Waals surface area (Å²) in [5.74, 6) is 6.12. The predicted octanol–water partition coefficient (Wildman–Crippen LogP) is 1.23. The third-order valence-electron chi connectivity index (χ3n) is 2.82. The minimum Gasteiger partial charge on any atom is -0.463 e. The summed E-state index contributed by atoms with van der Waals surface area (Å²) in [7, 11) is 3.68. The second-order valence-corrected chi connectivity index (χ2v) is 4.72. The molecule has 1 aromatic heterocycles. The van der Waals surface area contributed by atoms with Crippen LogP contribution in [0.5, 0.6) is 6.01 Å². The molecule has 2 rings (SSSR count). The summed E-state index contributed by atoms with van der Waals surface area (Å²) < 4.78 is 5.58. The normalized spacial score (nSPS) is 10.2. The lowest BCUT2D eigenvalue weighted by molar-refractivity contribution is 0.286. The number of hydrogen-bond acceptors (Lipinski definition) is 7. The molecule has 0 unspecified atom stereocenters. The van der Waals surface area contributed by atoms with Gasteiger partial charge in [-0.3, -0.25) is 5.43 Å². The fourth-order valence-electron chi connectivity index (χ4n) is 1.76. The van der Waals surface area contributed by atoms with Crippen molar-refractivity contribution in [1.82, 2.24) is 15.0 Å². The van der Waals surface area contributed by atoms with Crippen molar-refractivity contribution in [3.8, 4) is 6.01 Å². The lowest BCUT2D eigenvalue weighted by Crippen LogP contribution is -2.18. The van der Waals surface area contributed by atoms with Crippen LogP contribution in [-0.2, 0) is 6.42 Å². The smallest absolute Gasteiger partial charge is 0.323 e. The highest BCUT2D eigenvalue weighted by Crippen LogP contribution is 2.12. The van der Waals surface area contributed by atoms with Crippen LogP contribution in [0.2, 0.25) is 0 Å². The molecule has 0 amide bonds. The summed E-state index contributed by atoms with van der Waals surface area (Å²) in [6, 6.07) is 10.5. The molecular weight excluding hydrogens is 268 g/mol. The number of aromatic nitrogens is 3. The molecule has 0 radical (unpaired) electrons. The third-order valence-corrected chi connectivity index (χ3v) is 2.82. The van der Waals surface area contributed by atoms with Crippen LogP contribution >= 0.6 is 0 Å². The molecule has 0 saturated heterocycles. The van der Waals surface area contributed by atoms with Crippen LogP contribution < -0.4 is 20.9 Å². The molecule has 0 bridgehead atoms. The van der Waals surface area contributed by atoms with Gasteiger partial charge in [-0.15, -0.1) is 0 Å². The van der Waals surface area contributed by atoms with Crippen LogP contribution in [0.4, 0.5) is 11.9 Å². The van der Waals surface area contributed by atoms with Gasteiger partial charge in [0.05, 0.1) is 6.61 Å². The molecule has 1 aromatic carbocycles. The molecule has 3 N–H and O–H groups in total. The zero-order chi connectivity index (χ0) is 15.1. The molecule has 0 spiro atoms. The highest BCUT2D eigenvalue weighted by Gasteiger charge is 2.08. The minimum absolute atomic E-state index is 0.273. The molecule has 7 heteroatoms. The van der Waals surface area contributed by atoms with Gasteiger partial charge in [-0.25, -0.2) is 5.84 Å². The van der Waals surface area contributed by atoms with Gasteiger partial charge in [0, 0.05) is 14.1 Å². The molecule has 0 atom stereocenters. The zero-order valence-corrected chi connectivity index (χ0v) is 12.3. The molecule has 21 heavy (non-hydrogen) atoms. The Bertz CT molecular complexity index is 561. The summed E-state index contributed by atoms with van der Waals surface area (Å²) in [4.78, 5) is 14.2. The Morgan fingerprint density at radius 3 is 2.57 bits per heavy atom. The number of nitrogen functional groups attached to an aromatic ring is 1. The van der Waals surface area contributed by atoms with Crippen LogP contribution in [0.15, 0.2) is 30.3 Å². The Hall–Kier alpha value is -2.41. The van der Waals surface area contributed by atoms with Crippen LogP contribution in [-0.4, -0.2) is 35.7 Å². The molecule has 0 aliphatic rings. The maximum absolute atomic E-state index is 5.58. The number of nitrogens with two attached hydrogens (primary N) is 1. The van der Waals surface area contributed by atoms with Crippen LogP contribution in [0.25, 0.3) is 0 Å². The number of nitrogens with one attached hydrogen (secondary N) is 1. The van der Waals surface area contributed by atoms with Crippen molar-refractivity contribution in [2.75, 3.05) is 31.0 Å². The van der Waals surface area contributed by atoms with Gasteiger partial charge in [-0.05, 0) is 18.4 Å². The van der Waals surface area contributed by atoms with Crippen LogP contribution in [0, 0.1) is 0 Å². The molecule has 0 aliphatic heterocycles. The van der Waals surface area contributed by atoms with E-state index >= 15 is 0 Å². The van der Waals surface area contributed by atoms with Crippen molar-refractivity contribution in [1.29, 1.82) is 0 Å². The van der Waals surface area contributed by atoms with Crippen molar-refractivity contribution in [2.24, 2.45) is 5.84 Å². The summed E-state index contributed by atoms with van der Waals surface area (Å²) in [5, 5.41) is 0. The number of aryl methyl sites for hydroxylation is 1. The van der Waals surface area contributed by atoms with Gasteiger partial charge in [0.15, 0.2) is 0 Å². The monoisotopic (exact) mass is 288 g/mol. The summed E-state index contributed by atoms with van der Waals surface area (Å²) in [5.41, 5.74) is 3.70. The Balaban J connectivity index is 1.89. The number of nitrogens with zero attached hydrogens (tertiary/aromatic N) is 4. The number of ether oxygens (including phenoxy) is 1. The first-order valence-electron chi connectivity index (χ1n) is 6.76. The minimum atomic E-state index is 0.273. The van der Waals surface area contributed by atoms with Gasteiger partial charge in [-0.2, -0.15) is 15.0 Å². The van der Waals surface area contributed by atoms with Crippen molar-refractivity contribution in [3.05, 3.63) is 35.9 Å². The summed E-state index contributed by atoms with van der Waals surface area (Å²) in [6.07, 6.45) is 1.84. The first-order valence-corrected chi connectivity index (χ1v) is 6.76. The number of rotatable bonds is 7. The largest absolute Gasteiger partial charge is 0.463 e. The fraction of sp³-hybridized carbons (Fsp3) is 0.357. The SMILES string of the molecule is CN(C)c1nc(NN)nc(OCCCc2ccccc2)n1. The number of hydrazine groups is 1. The standard InChI is InChI=1S/C14H20N6O/c1-20(2)13-16-12(19-15)17-14(18-13)21-10-6-9-11-7-4-3-5-8-11/h3-5,7-8H,6,9-10,15H2,1-2H3,(H,16,17,18,19). The lowest BCUT2D eigenvalue weighted by atomic mass is 10.1. The maximum Gasteiger partial charge on any atom is 0.323 e. The average Bonchev–Trinajstić information content (AvgIpc) is 2.52. The van der Waals surface area contributed by atoms with E-state index in [0.717, 1.165) is 12.8 Å². The molecule has 0 fully saturated rings. The van der Waals surface area contributed by atoms with E-state index < -0.39 is 0 Å². The van der Waals surface area contributed by atoms with E-state index in [1.165, 1.54) is 5.56 Å². The van der Waals surface area contributed by atoms with Crippen LogP contribution in [0.1, 0.15) is 12.0 Å². The van der Waals surface area contributed by atoms with E-state index in [-0.39, 0.29) is 12.0 Å². The molecule has 0 aliphatic carbocycles. The first-order chi connectivity index (χ1) is 10.2. The Morgan fingerprint density at radius 2 is 1.90 bits per heavy atom. The molecule has 112 valence electrons. The average molecular weight is 288 g/mol. The number of benzene rings is 1. The van der Waals surface area contributed by atoms with Gasteiger partial charge >= 0.3 is 6.01 Å². The summed E-state index contributed by atoms with van der Waals surface area (Å²) >= 11 is 0. The third kappa shape index (κ3) is 4.57. The van der Waals surface area contributed by atoms with Crippen molar-refractivity contribution in [2.45, 2.75) is 12.8 Å². The molecule has 2 aromatic rings. The second kappa shape index (κ2) is 7.39. The van der Waals surface area contributed by atoms with Gasteiger partial charge in [0.1, 0.15) is 0 Å². The molecule has 1 heterocycles. The molecule has 0 saturated carbocycles. The van der Waals surface area contributed by atoms with Crippen molar-refractivity contribution >= 4 is 11.9 Å². The Morgan fingerprint density at radius 1 is 1.14 bits per heavy atom. The molecular formula is C14H20N6O. The first kappa shape index (κ1) is 15.0. The summed E-state index contributed by atoms with van der Waals surface area (Å²) in [6.45, 7) is 0.537. The van der Waals surface area contributed by atoms with Crippen molar-refractivity contribution < 1.29 is 4.74 Å². The highest BCUT2D eigenvalue weighted by atomic mass is 16.5. The highest BCUT2D eigenvalue weighted by molar-refractivity contribution is 5.36. The number of anilines is 2. The van der Waals surface area contributed by atoms with Crippen molar-refractivity contribution in [3.63, 3.8) is 0 Å². The van der Waals surface area contributed by atoms with Gasteiger partial charge < -0.3 is 9.64 Å². The maximum atomic E-state index is 5.58. The van der Waals surface area contributed by atoms with E-state index in [0.29, 0.717) is 12.6 Å². The zero-order valence-electron chi connectivity index (χ0n) is 12.3. The van der Waals surface area contributed by atoms with E-state index in [4.69, 9.17) is 10.6 Å². The fourth-order valence-corrected chi connectivity index (χ4v) is 1.76. The second-order valence-electron chi connectivity index (χ2n) is 4.72. The topological polar surface area (TPSA) is 89.2 Å². The van der Waals surface area contributed by atoms with E-state index in [9.17, 15) is 0 Å². The van der Waals surface area contributed by atoms with E-state index in [2.05, 4.69) is 32.5 Å². The lowest BCUT2D eigenvalue weighted by Gasteiger charge is -2.12. The van der Waals surface area contributed by atoms with E-state index in [1.807, 2.05) is 32.3 Å². The van der Waals surface area contributed by atoms with Crippen LogP contribution in [0.3, 0.4) is 0 Å². The van der Waals surface area contributed by atoms with Gasteiger partial charge in [0.25, 0.3) is 0 Å². The Labute approximate surface area is 124 Å². The Kier molecular flexibility index (Phi) is 5.28. The quantitative estimate of drug-likeness (QED) is 0.450.